The molecular weight excluding hydrogens is 125 g/mol. The van der Waals surface area contributed by atoms with E-state index >= 15 is 0 Å². The molecule has 2 aliphatic rings. The Bertz CT molecular complexity index is 211. The van der Waals surface area contributed by atoms with Gasteiger partial charge in [-0.25, -0.2) is 0 Å². The Morgan fingerprint density at radius 3 is 3.00 bits per heavy atom. The van der Waals surface area contributed by atoms with Gasteiger partial charge in [-0.15, -0.1) is 10.2 Å². The molecule has 0 aromatic heterocycles. The first kappa shape index (κ1) is 6.86. The molecule has 3 nitrogen and oxygen atoms in total. The van der Waals surface area contributed by atoms with Gasteiger partial charge in [0.15, 0.2) is 0 Å². The maximum absolute atomic E-state index is 3.72. The van der Waals surface area contributed by atoms with Gasteiger partial charge in [0.1, 0.15) is 11.4 Å². The molecule has 0 bridgehead atoms. The van der Waals surface area contributed by atoms with Crippen LogP contribution in [0.15, 0.2) is 39.4 Å². The normalized spacial score (nSPS) is 18.7. The summed E-state index contributed by atoms with van der Waals surface area (Å²) in [5, 5.41) is 10.9. The Balaban J connectivity index is 0.000000405. The second kappa shape index (κ2) is 2.56. The van der Waals surface area contributed by atoms with E-state index in [2.05, 4.69) is 15.4 Å². The number of hydrogen-bond acceptors (Lipinski definition) is 3. The topological polar surface area (TPSA) is 37.1 Å². The van der Waals surface area contributed by atoms with Crippen molar-refractivity contribution in [1.29, 1.82) is 0 Å². The third kappa shape index (κ3) is 1.03. The van der Waals surface area contributed by atoms with Gasteiger partial charge in [-0.2, -0.15) is 0 Å². The minimum absolute atomic E-state index is 0. The standard InChI is InChI=1S/C5H3N3.Na/c1-2-4-5(3-1)7-8-6-4;/h1-3H;. The van der Waals surface area contributed by atoms with E-state index in [9.17, 15) is 0 Å². The quantitative estimate of drug-likeness (QED) is 0.434. The number of nitrogens with zero attached hydrogens (tertiary/aromatic N) is 3. The fourth-order valence-electron chi connectivity index (χ4n) is 0.689. The Hall–Kier alpha value is -0.250. The summed E-state index contributed by atoms with van der Waals surface area (Å²) < 4.78 is 0. The summed E-state index contributed by atoms with van der Waals surface area (Å²) in [4.78, 5) is 0. The van der Waals surface area contributed by atoms with E-state index in [0.29, 0.717) is 0 Å². The zero-order valence-electron chi connectivity index (χ0n) is 5.07. The maximum Gasteiger partial charge on any atom is 0.115 e. The van der Waals surface area contributed by atoms with Crippen molar-refractivity contribution in [2.45, 2.75) is 0 Å². The fraction of sp³-hybridized carbons (Fsp3) is 0. The van der Waals surface area contributed by atoms with Gasteiger partial charge in [0, 0.05) is 29.6 Å². The first-order chi connectivity index (χ1) is 3.97. The summed E-state index contributed by atoms with van der Waals surface area (Å²) in [7, 11) is 0. The van der Waals surface area contributed by atoms with Gasteiger partial charge in [0.25, 0.3) is 0 Å². The van der Waals surface area contributed by atoms with Crippen LogP contribution in [0.2, 0.25) is 0 Å². The molecule has 39 valence electrons. The summed E-state index contributed by atoms with van der Waals surface area (Å²) in [6, 6.07) is 0. The molecule has 0 saturated heterocycles. The third-order valence-corrected chi connectivity index (χ3v) is 1.08. The number of hydrogen-bond donors (Lipinski definition) is 0. The molecule has 1 aliphatic carbocycles. The molecule has 0 spiro atoms. The SMILES string of the molecule is C1=CC2=NN=NC2=C1.[Na]. The van der Waals surface area contributed by atoms with E-state index in [-0.39, 0.29) is 29.6 Å². The molecular formula is C5H3N3Na. The van der Waals surface area contributed by atoms with Crippen LogP contribution in [0.3, 0.4) is 0 Å². The smallest absolute Gasteiger partial charge is 0.115 e. The van der Waals surface area contributed by atoms with Crippen LogP contribution < -0.4 is 0 Å². The molecule has 0 unspecified atom stereocenters. The van der Waals surface area contributed by atoms with Crippen LogP contribution >= 0.6 is 0 Å². The average Bonchev–Trinajstić information content (AvgIpc) is 2.15. The molecule has 1 aliphatic heterocycles. The van der Waals surface area contributed by atoms with Gasteiger partial charge < -0.3 is 0 Å². The summed E-state index contributed by atoms with van der Waals surface area (Å²) in [6.07, 6.45) is 5.68. The Kier molecular flexibility index (Phi) is 1.95. The molecule has 1 heterocycles. The number of rotatable bonds is 0. The predicted octanol–water partition coefficient (Wildman–Crippen LogP) is 0.881. The molecule has 2 rings (SSSR count). The molecule has 0 saturated carbocycles. The number of fused-ring (bicyclic) bond motifs is 1. The predicted molar refractivity (Wildman–Crippen MR) is 35.3 cm³/mol. The van der Waals surface area contributed by atoms with Crippen molar-refractivity contribution in [2.75, 3.05) is 0 Å². The van der Waals surface area contributed by atoms with Crippen LogP contribution in [0.5, 0.6) is 0 Å². The van der Waals surface area contributed by atoms with E-state index < -0.39 is 0 Å². The summed E-state index contributed by atoms with van der Waals surface area (Å²) >= 11 is 0. The van der Waals surface area contributed by atoms with E-state index in [1.165, 1.54) is 0 Å². The van der Waals surface area contributed by atoms with E-state index in [4.69, 9.17) is 0 Å². The minimum Gasteiger partial charge on any atom is -0.128 e. The molecule has 9 heavy (non-hydrogen) atoms. The second-order valence-corrected chi connectivity index (χ2v) is 1.59. The van der Waals surface area contributed by atoms with Crippen molar-refractivity contribution in [3.8, 4) is 0 Å². The summed E-state index contributed by atoms with van der Waals surface area (Å²) in [5.74, 6) is 0. The monoisotopic (exact) mass is 128 g/mol. The molecule has 0 N–H and O–H groups in total. The van der Waals surface area contributed by atoms with Crippen LogP contribution in [-0.4, -0.2) is 35.3 Å². The average molecular weight is 128 g/mol. The van der Waals surface area contributed by atoms with Crippen LogP contribution in [0, 0.1) is 0 Å². The molecule has 4 heteroatoms. The first-order valence-electron chi connectivity index (χ1n) is 2.34. The third-order valence-electron chi connectivity index (χ3n) is 1.08. The molecule has 0 fully saturated rings. The fourth-order valence-corrected chi connectivity index (χ4v) is 0.689. The zero-order chi connectivity index (χ0) is 5.40. The summed E-state index contributed by atoms with van der Waals surface area (Å²) in [6.45, 7) is 0. The van der Waals surface area contributed by atoms with Crippen molar-refractivity contribution in [3.05, 3.63) is 23.9 Å². The Labute approximate surface area is 74.5 Å². The Morgan fingerprint density at radius 1 is 1.33 bits per heavy atom. The van der Waals surface area contributed by atoms with Crippen LogP contribution in [-0.2, 0) is 0 Å². The van der Waals surface area contributed by atoms with E-state index in [1.807, 2.05) is 18.2 Å². The summed E-state index contributed by atoms with van der Waals surface area (Å²) in [5.41, 5.74) is 1.76. The van der Waals surface area contributed by atoms with E-state index in [1.54, 1.807) is 0 Å². The van der Waals surface area contributed by atoms with Crippen molar-refractivity contribution in [3.63, 3.8) is 0 Å². The number of allylic oxidation sites excluding steroid dienone is 3. The van der Waals surface area contributed by atoms with E-state index in [0.717, 1.165) is 11.4 Å². The molecule has 1 radical (unpaired) electrons. The minimum atomic E-state index is 0. The molecule has 0 amide bonds. The Morgan fingerprint density at radius 2 is 2.22 bits per heavy atom. The van der Waals surface area contributed by atoms with Gasteiger partial charge in [0.2, 0.25) is 0 Å². The van der Waals surface area contributed by atoms with Crippen molar-refractivity contribution >= 4 is 35.3 Å². The second-order valence-electron chi connectivity index (χ2n) is 1.59. The van der Waals surface area contributed by atoms with Crippen molar-refractivity contribution < 1.29 is 0 Å². The largest absolute Gasteiger partial charge is 0.128 e. The van der Waals surface area contributed by atoms with Crippen molar-refractivity contribution in [1.82, 2.24) is 0 Å². The van der Waals surface area contributed by atoms with Crippen molar-refractivity contribution in [2.24, 2.45) is 15.4 Å². The molecule has 0 aromatic carbocycles. The van der Waals surface area contributed by atoms with Crippen LogP contribution in [0.4, 0.5) is 0 Å². The van der Waals surface area contributed by atoms with Gasteiger partial charge in [0.05, 0.1) is 0 Å². The van der Waals surface area contributed by atoms with Gasteiger partial charge in [-0.3, -0.25) is 0 Å². The van der Waals surface area contributed by atoms with Crippen LogP contribution in [0.25, 0.3) is 0 Å². The van der Waals surface area contributed by atoms with Gasteiger partial charge in [-0.1, -0.05) is 6.08 Å². The van der Waals surface area contributed by atoms with Crippen LogP contribution in [0.1, 0.15) is 0 Å². The molecule has 0 aromatic rings. The maximum atomic E-state index is 3.72. The zero-order valence-corrected chi connectivity index (χ0v) is 7.07. The first-order valence-corrected chi connectivity index (χ1v) is 2.34. The van der Waals surface area contributed by atoms with Gasteiger partial charge >= 0.3 is 0 Å². The van der Waals surface area contributed by atoms with Gasteiger partial charge in [-0.05, 0) is 17.4 Å². The molecule has 0 atom stereocenters.